The van der Waals surface area contributed by atoms with Gasteiger partial charge in [0.2, 0.25) is 5.91 Å². The quantitative estimate of drug-likeness (QED) is 0.614. The third kappa shape index (κ3) is 3.41. The highest BCUT2D eigenvalue weighted by molar-refractivity contribution is 5.98. The Morgan fingerprint density at radius 3 is 2.24 bits per heavy atom. The van der Waals surface area contributed by atoms with Crippen molar-refractivity contribution >= 4 is 17.7 Å². The Balaban J connectivity index is 3.23. The van der Waals surface area contributed by atoms with Gasteiger partial charge in [-0.05, 0) is 30.7 Å². The fourth-order valence-electron chi connectivity index (χ4n) is 1.43. The van der Waals surface area contributed by atoms with E-state index in [0.717, 1.165) is 0 Å². The molecule has 90 valence electrons. The van der Waals surface area contributed by atoms with Gasteiger partial charge >= 0.3 is 5.97 Å². The average Bonchev–Trinajstić information content (AvgIpc) is 2.26. The molecule has 0 aliphatic carbocycles. The van der Waals surface area contributed by atoms with Crippen LogP contribution >= 0.6 is 0 Å². The highest BCUT2D eigenvalue weighted by Crippen LogP contribution is 2.13. The predicted molar refractivity (Wildman–Crippen MR) is 60.7 cm³/mol. The number of methoxy groups -OCH3 is 1. The molecular weight excluding hydrogens is 222 g/mol. The van der Waals surface area contributed by atoms with Gasteiger partial charge in [-0.2, -0.15) is 0 Å². The first kappa shape index (κ1) is 12.9. The highest BCUT2D eigenvalue weighted by Gasteiger charge is 2.12. The lowest BCUT2D eigenvalue weighted by Gasteiger charge is -2.05. The number of ether oxygens (including phenoxy) is 1. The number of Topliss-reactive ketones (excluding diaryl/α,β-unsaturated/α-hetero) is 1. The third-order valence-electron chi connectivity index (χ3n) is 2.20. The summed E-state index contributed by atoms with van der Waals surface area (Å²) >= 11 is 0. The Hall–Kier alpha value is -2.17. The van der Waals surface area contributed by atoms with Crippen LogP contribution in [0.5, 0.6) is 0 Å². The Labute approximate surface area is 98.6 Å². The van der Waals surface area contributed by atoms with Crippen LogP contribution in [0.2, 0.25) is 0 Å². The zero-order valence-corrected chi connectivity index (χ0v) is 9.65. The zero-order valence-electron chi connectivity index (χ0n) is 9.65. The summed E-state index contributed by atoms with van der Waals surface area (Å²) in [6.07, 6.45) is -0.0227. The lowest BCUT2D eigenvalue weighted by atomic mass is 10.0. The van der Waals surface area contributed by atoms with Crippen molar-refractivity contribution in [3.05, 3.63) is 34.9 Å². The van der Waals surface area contributed by atoms with Crippen LogP contribution in [0.15, 0.2) is 18.2 Å². The first-order valence-electron chi connectivity index (χ1n) is 4.95. The second-order valence-electron chi connectivity index (χ2n) is 3.61. The number of nitrogens with two attached hydrogens (primary N) is 1. The Morgan fingerprint density at radius 1 is 1.18 bits per heavy atom. The SMILES string of the molecule is COC(=O)c1cc(CC(N)=O)cc(C(C)=O)c1. The van der Waals surface area contributed by atoms with Crippen molar-refractivity contribution in [1.29, 1.82) is 0 Å². The van der Waals surface area contributed by atoms with Crippen LogP contribution in [0, 0.1) is 0 Å². The molecule has 0 aliphatic heterocycles. The zero-order chi connectivity index (χ0) is 13.0. The molecule has 5 nitrogen and oxygen atoms in total. The van der Waals surface area contributed by atoms with Gasteiger partial charge in [-0.3, -0.25) is 9.59 Å². The van der Waals surface area contributed by atoms with E-state index < -0.39 is 11.9 Å². The van der Waals surface area contributed by atoms with Crippen LogP contribution in [-0.4, -0.2) is 24.8 Å². The van der Waals surface area contributed by atoms with Gasteiger partial charge in [-0.15, -0.1) is 0 Å². The second-order valence-corrected chi connectivity index (χ2v) is 3.61. The number of primary amides is 1. The van der Waals surface area contributed by atoms with Crippen LogP contribution in [-0.2, 0) is 16.0 Å². The van der Waals surface area contributed by atoms with Gasteiger partial charge in [0.1, 0.15) is 0 Å². The molecule has 0 fully saturated rings. The first-order chi connectivity index (χ1) is 7.93. The number of hydrogen-bond donors (Lipinski definition) is 1. The molecule has 5 heteroatoms. The number of benzene rings is 1. The molecule has 1 aromatic rings. The summed E-state index contributed by atoms with van der Waals surface area (Å²) < 4.78 is 4.56. The molecule has 0 heterocycles. The van der Waals surface area contributed by atoms with Crippen molar-refractivity contribution in [1.82, 2.24) is 0 Å². The van der Waals surface area contributed by atoms with E-state index in [1.54, 1.807) is 6.07 Å². The summed E-state index contributed by atoms with van der Waals surface area (Å²) in [5.74, 6) is -1.28. The van der Waals surface area contributed by atoms with E-state index in [1.807, 2.05) is 0 Å². The van der Waals surface area contributed by atoms with E-state index in [0.29, 0.717) is 11.1 Å². The van der Waals surface area contributed by atoms with Gasteiger partial charge in [-0.1, -0.05) is 0 Å². The molecule has 17 heavy (non-hydrogen) atoms. The summed E-state index contributed by atoms with van der Waals surface area (Å²) in [4.78, 5) is 33.5. The van der Waals surface area contributed by atoms with Gasteiger partial charge < -0.3 is 10.5 Å². The summed E-state index contributed by atoms with van der Waals surface area (Å²) in [7, 11) is 1.25. The van der Waals surface area contributed by atoms with Crippen LogP contribution in [0.4, 0.5) is 0 Å². The Morgan fingerprint density at radius 2 is 1.76 bits per heavy atom. The predicted octanol–water partition coefficient (Wildman–Crippen LogP) is 0.704. The molecule has 2 N–H and O–H groups in total. The number of amides is 1. The molecule has 0 saturated heterocycles. The van der Waals surface area contributed by atoms with E-state index in [1.165, 1.54) is 26.2 Å². The topological polar surface area (TPSA) is 86.5 Å². The van der Waals surface area contributed by atoms with Crippen LogP contribution in [0.3, 0.4) is 0 Å². The number of hydrogen-bond acceptors (Lipinski definition) is 4. The molecule has 0 unspecified atom stereocenters. The minimum absolute atomic E-state index is 0.0227. The number of ketones is 1. The van der Waals surface area contributed by atoms with Crippen LogP contribution in [0.1, 0.15) is 33.2 Å². The minimum Gasteiger partial charge on any atom is -0.465 e. The lowest BCUT2D eigenvalue weighted by Crippen LogP contribution is -2.15. The second kappa shape index (κ2) is 5.25. The van der Waals surface area contributed by atoms with Crippen LogP contribution < -0.4 is 5.73 Å². The van der Waals surface area contributed by atoms with E-state index in [2.05, 4.69) is 4.74 Å². The summed E-state index contributed by atoms with van der Waals surface area (Å²) in [5.41, 5.74) is 6.17. The lowest BCUT2D eigenvalue weighted by molar-refractivity contribution is -0.117. The molecule has 0 aromatic heterocycles. The van der Waals surface area contributed by atoms with Gasteiger partial charge in [0, 0.05) is 5.56 Å². The van der Waals surface area contributed by atoms with Gasteiger partial charge in [0.05, 0.1) is 19.1 Å². The fraction of sp³-hybridized carbons (Fsp3) is 0.250. The van der Waals surface area contributed by atoms with Crippen molar-refractivity contribution < 1.29 is 19.1 Å². The number of rotatable bonds is 4. The molecule has 0 saturated carbocycles. The number of carbonyl (C=O) groups excluding carboxylic acids is 3. The smallest absolute Gasteiger partial charge is 0.337 e. The highest BCUT2D eigenvalue weighted by atomic mass is 16.5. The van der Waals surface area contributed by atoms with Crippen LogP contribution in [0.25, 0.3) is 0 Å². The Bertz CT molecular complexity index is 479. The fourth-order valence-corrected chi connectivity index (χ4v) is 1.43. The van der Waals surface area contributed by atoms with Crippen molar-refractivity contribution in [3.63, 3.8) is 0 Å². The first-order valence-corrected chi connectivity index (χ1v) is 4.95. The maximum absolute atomic E-state index is 11.4. The largest absolute Gasteiger partial charge is 0.465 e. The molecule has 0 aliphatic rings. The van der Waals surface area contributed by atoms with E-state index in [9.17, 15) is 14.4 Å². The molecule has 0 spiro atoms. The summed E-state index contributed by atoms with van der Waals surface area (Å²) in [6, 6.07) is 4.46. The summed E-state index contributed by atoms with van der Waals surface area (Å²) in [5, 5.41) is 0. The van der Waals surface area contributed by atoms with Gasteiger partial charge in [0.25, 0.3) is 0 Å². The maximum Gasteiger partial charge on any atom is 0.337 e. The molecular formula is C12H13NO4. The normalized spacial score (nSPS) is 9.76. The van der Waals surface area contributed by atoms with E-state index in [4.69, 9.17) is 5.73 Å². The van der Waals surface area contributed by atoms with Crippen molar-refractivity contribution in [3.8, 4) is 0 Å². The van der Waals surface area contributed by atoms with E-state index >= 15 is 0 Å². The number of esters is 1. The molecule has 0 bridgehead atoms. The molecule has 0 atom stereocenters. The number of carbonyl (C=O) groups is 3. The van der Waals surface area contributed by atoms with E-state index in [-0.39, 0.29) is 17.8 Å². The van der Waals surface area contributed by atoms with Crippen molar-refractivity contribution in [2.75, 3.05) is 7.11 Å². The maximum atomic E-state index is 11.4. The van der Waals surface area contributed by atoms with Crippen molar-refractivity contribution in [2.24, 2.45) is 5.73 Å². The summed E-state index contributed by atoms with van der Waals surface area (Å²) in [6.45, 7) is 1.38. The standard InChI is InChI=1S/C12H13NO4/c1-7(14)9-3-8(5-11(13)15)4-10(6-9)12(16)17-2/h3-4,6H,5H2,1-2H3,(H2,13,15). The van der Waals surface area contributed by atoms with Gasteiger partial charge in [0.15, 0.2) is 5.78 Å². The molecule has 0 radical (unpaired) electrons. The monoisotopic (exact) mass is 235 g/mol. The molecule has 1 aromatic carbocycles. The third-order valence-corrected chi connectivity index (χ3v) is 2.20. The average molecular weight is 235 g/mol. The minimum atomic E-state index is -0.557. The van der Waals surface area contributed by atoms with Crippen molar-refractivity contribution in [2.45, 2.75) is 13.3 Å². The molecule has 1 amide bonds. The molecule has 1 rings (SSSR count). The Kier molecular flexibility index (Phi) is 3.98. The van der Waals surface area contributed by atoms with Gasteiger partial charge in [-0.25, -0.2) is 4.79 Å².